The van der Waals surface area contributed by atoms with Crippen LogP contribution in [0.3, 0.4) is 0 Å². The highest BCUT2D eigenvalue weighted by Gasteiger charge is 2.14. The molecule has 0 bridgehead atoms. The fraction of sp³-hybridized carbons (Fsp3) is 0.462. The molecule has 4 heteroatoms. The Balaban J connectivity index is 1.79. The highest BCUT2D eigenvalue weighted by Crippen LogP contribution is 2.15. The van der Waals surface area contributed by atoms with E-state index in [4.69, 9.17) is 0 Å². The number of halogens is 1. The second-order valence-corrected chi connectivity index (χ2v) is 5.17. The normalized spacial score (nSPS) is 19.2. The first-order chi connectivity index (χ1) is 8.27. The molecule has 1 amide bonds. The molecular weight excluding hydrogens is 280 g/mol. The van der Waals surface area contributed by atoms with Crippen LogP contribution in [-0.4, -0.2) is 25.0 Å². The average Bonchev–Trinajstić information content (AvgIpc) is 2.82. The molecule has 17 heavy (non-hydrogen) atoms. The minimum absolute atomic E-state index is 0.00419. The lowest BCUT2D eigenvalue weighted by molar-refractivity contribution is 0.0951. The Morgan fingerprint density at radius 1 is 1.47 bits per heavy atom. The monoisotopic (exact) mass is 296 g/mol. The molecule has 2 N–H and O–H groups in total. The Morgan fingerprint density at radius 3 is 3.00 bits per heavy atom. The maximum absolute atomic E-state index is 11.9. The first-order valence-electron chi connectivity index (χ1n) is 6.03. The molecule has 0 spiro atoms. The Bertz CT molecular complexity index is 389. The summed E-state index contributed by atoms with van der Waals surface area (Å²) in [4.78, 5) is 11.9. The van der Waals surface area contributed by atoms with Gasteiger partial charge < -0.3 is 10.6 Å². The molecule has 0 unspecified atom stereocenters. The van der Waals surface area contributed by atoms with E-state index in [0.29, 0.717) is 11.6 Å². The Kier molecular flexibility index (Phi) is 4.57. The summed E-state index contributed by atoms with van der Waals surface area (Å²) >= 11 is 3.38. The van der Waals surface area contributed by atoms with Crippen molar-refractivity contribution in [1.82, 2.24) is 10.6 Å². The number of rotatable bonds is 4. The van der Waals surface area contributed by atoms with Gasteiger partial charge in [0.25, 0.3) is 5.91 Å². The van der Waals surface area contributed by atoms with Crippen LogP contribution in [0.25, 0.3) is 0 Å². The van der Waals surface area contributed by atoms with Gasteiger partial charge in [0.05, 0.1) is 5.56 Å². The summed E-state index contributed by atoms with van der Waals surface area (Å²) in [6.07, 6.45) is 3.49. The highest BCUT2D eigenvalue weighted by molar-refractivity contribution is 9.10. The number of benzene rings is 1. The largest absolute Gasteiger partial charge is 0.352 e. The molecule has 0 saturated carbocycles. The molecule has 0 radical (unpaired) electrons. The molecule has 1 heterocycles. The number of hydrogen-bond donors (Lipinski definition) is 2. The van der Waals surface area contributed by atoms with Crippen molar-refractivity contribution in [1.29, 1.82) is 0 Å². The predicted octanol–water partition coefficient (Wildman–Crippen LogP) is 2.32. The molecule has 3 nitrogen and oxygen atoms in total. The van der Waals surface area contributed by atoms with Crippen LogP contribution in [0.15, 0.2) is 28.7 Å². The molecule has 1 aliphatic rings. The van der Waals surface area contributed by atoms with Gasteiger partial charge in [0.1, 0.15) is 0 Å². The Morgan fingerprint density at radius 2 is 2.29 bits per heavy atom. The van der Waals surface area contributed by atoms with Crippen LogP contribution in [0, 0.1) is 0 Å². The van der Waals surface area contributed by atoms with Crippen molar-refractivity contribution >= 4 is 21.8 Å². The smallest absolute Gasteiger partial charge is 0.252 e. The van der Waals surface area contributed by atoms with Crippen LogP contribution in [0.5, 0.6) is 0 Å². The summed E-state index contributed by atoms with van der Waals surface area (Å²) < 4.78 is 0.844. The molecular formula is C13H17BrN2O. The number of carbonyl (C=O) groups is 1. The lowest BCUT2D eigenvalue weighted by atomic mass is 10.1. The minimum atomic E-state index is -0.00419. The third-order valence-corrected chi connectivity index (χ3v) is 3.75. The first kappa shape index (κ1) is 12.6. The van der Waals surface area contributed by atoms with Gasteiger partial charge in [-0.05, 0) is 53.9 Å². The van der Waals surface area contributed by atoms with Gasteiger partial charge in [-0.1, -0.05) is 12.1 Å². The molecule has 1 aromatic carbocycles. The van der Waals surface area contributed by atoms with Crippen LogP contribution in [0.1, 0.15) is 29.6 Å². The lowest BCUT2D eigenvalue weighted by Gasteiger charge is -2.11. The van der Waals surface area contributed by atoms with Crippen LogP contribution in [-0.2, 0) is 0 Å². The van der Waals surface area contributed by atoms with Gasteiger partial charge in [0.2, 0.25) is 0 Å². The summed E-state index contributed by atoms with van der Waals surface area (Å²) in [6.45, 7) is 1.85. The fourth-order valence-corrected chi connectivity index (χ4v) is 2.57. The number of carbonyl (C=O) groups excluding carboxylic acids is 1. The highest BCUT2D eigenvalue weighted by atomic mass is 79.9. The molecule has 1 aliphatic heterocycles. The summed E-state index contributed by atoms with van der Waals surface area (Å²) in [5.74, 6) is -0.00419. The molecule has 0 aromatic heterocycles. The zero-order chi connectivity index (χ0) is 12.1. The SMILES string of the molecule is O=C(NCC[C@H]1CCCN1)c1ccccc1Br. The third kappa shape index (κ3) is 3.54. The van der Waals surface area contributed by atoms with Crippen molar-refractivity contribution in [2.24, 2.45) is 0 Å². The van der Waals surface area contributed by atoms with Gasteiger partial charge in [0, 0.05) is 17.1 Å². The average molecular weight is 297 g/mol. The van der Waals surface area contributed by atoms with E-state index in [0.717, 1.165) is 24.0 Å². The summed E-state index contributed by atoms with van der Waals surface area (Å²) in [7, 11) is 0. The van der Waals surface area contributed by atoms with Crippen molar-refractivity contribution in [3.8, 4) is 0 Å². The quantitative estimate of drug-likeness (QED) is 0.895. The van der Waals surface area contributed by atoms with Crippen LogP contribution >= 0.6 is 15.9 Å². The summed E-state index contributed by atoms with van der Waals surface area (Å²) in [5.41, 5.74) is 0.701. The van der Waals surface area contributed by atoms with Gasteiger partial charge in [-0.2, -0.15) is 0 Å². The lowest BCUT2D eigenvalue weighted by Crippen LogP contribution is -2.30. The van der Waals surface area contributed by atoms with E-state index < -0.39 is 0 Å². The van der Waals surface area contributed by atoms with E-state index >= 15 is 0 Å². The topological polar surface area (TPSA) is 41.1 Å². The summed E-state index contributed by atoms with van der Waals surface area (Å²) in [5, 5.41) is 6.38. The zero-order valence-electron chi connectivity index (χ0n) is 9.71. The van der Waals surface area contributed by atoms with E-state index in [9.17, 15) is 4.79 Å². The second kappa shape index (κ2) is 6.17. The molecule has 92 valence electrons. The molecule has 1 fully saturated rings. The Hall–Kier alpha value is -0.870. The summed E-state index contributed by atoms with van der Waals surface area (Å²) in [6, 6.07) is 8.07. The van der Waals surface area contributed by atoms with Crippen LogP contribution in [0.2, 0.25) is 0 Å². The predicted molar refractivity (Wildman–Crippen MR) is 72.1 cm³/mol. The number of amides is 1. The van der Waals surface area contributed by atoms with Gasteiger partial charge in [-0.3, -0.25) is 4.79 Å². The minimum Gasteiger partial charge on any atom is -0.352 e. The van der Waals surface area contributed by atoms with Gasteiger partial charge in [-0.25, -0.2) is 0 Å². The number of nitrogens with one attached hydrogen (secondary N) is 2. The van der Waals surface area contributed by atoms with E-state index in [1.807, 2.05) is 24.3 Å². The van der Waals surface area contributed by atoms with Crippen molar-refractivity contribution in [2.45, 2.75) is 25.3 Å². The Labute approximate surface area is 110 Å². The van der Waals surface area contributed by atoms with Crippen molar-refractivity contribution in [3.63, 3.8) is 0 Å². The maximum Gasteiger partial charge on any atom is 0.252 e. The first-order valence-corrected chi connectivity index (χ1v) is 6.83. The van der Waals surface area contributed by atoms with Gasteiger partial charge in [-0.15, -0.1) is 0 Å². The standard InChI is InChI=1S/C13H17BrN2O/c14-12-6-2-1-5-11(12)13(17)16-9-7-10-4-3-8-15-10/h1-2,5-6,10,15H,3-4,7-9H2,(H,16,17)/t10-/m1/s1. The molecule has 1 aromatic rings. The second-order valence-electron chi connectivity index (χ2n) is 4.32. The molecule has 0 aliphatic carbocycles. The molecule has 1 atom stereocenters. The van der Waals surface area contributed by atoms with E-state index in [1.165, 1.54) is 12.8 Å². The molecule has 1 saturated heterocycles. The van der Waals surface area contributed by atoms with Gasteiger partial charge >= 0.3 is 0 Å². The maximum atomic E-state index is 11.9. The van der Waals surface area contributed by atoms with Crippen LogP contribution < -0.4 is 10.6 Å². The van der Waals surface area contributed by atoms with Crippen LogP contribution in [0.4, 0.5) is 0 Å². The van der Waals surface area contributed by atoms with Crippen molar-refractivity contribution < 1.29 is 4.79 Å². The third-order valence-electron chi connectivity index (χ3n) is 3.06. The van der Waals surface area contributed by atoms with Crippen molar-refractivity contribution in [3.05, 3.63) is 34.3 Å². The fourth-order valence-electron chi connectivity index (χ4n) is 2.10. The zero-order valence-corrected chi connectivity index (χ0v) is 11.3. The van der Waals surface area contributed by atoms with E-state index in [-0.39, 0.29) is 5.91 Å². The van der Waals surface area contributed by atoms with Crippen molar-refractivity contribution in [2.75, 3.05) is 13.1 Å². The van der Waals surface area contributed by atoms with E-state index in [1.54, 1.807) is 0 Å². The molecule has 2 rings (SSSR count). The van der Waals surface area contributed by atoms with E-state index in [2.05, 4.69) is 26.6 Å². The number of hydrogen-bond acceptors (Lipinski definition) is 2. The van der Waals surface area contributed by atoms with Gasteiger partial charge in [0.15, 0.2) is 0 Å².